The average Bonchev–Trinajstić information content (AvgIpc) is 2.38. The Labute approximate surface area is 104 Å². The van der Waals surface area contributed by atoms with Gasteiger partial charge in [-0.05, 0) is 31.6 Å². The fraction of sp³-hybridized carbons (Fsp3) is 1.00. The molecule has 0 aromatic rings. The van der Waals surface area contributed by atoms with Gasteiger partial charge < -0.3 is 14.6 Å². The van der Waals surface area contributed by atoms with Crippen molar-refractivity contribution in [1.82, 2.24) is 0 Å². The van der Waals surface area contributed by atoms with Gasteiger partial charge in [0.05, 0.1) is 12.7 Å². The van der Waals surface area contributed by atoms with Gasteiger partial charge in [0.25, 0.3) is 0 Å². The Morgan fingerprint density at radius 1 is 0.882 bits per heavy atom. The van der Waals surface area contributed by atoms with E-state index in [0.717, 1.165) is 45.2 Å². The second-order valence-corrected chi connectivity index (χ2v) is 5.53. The maximum absolute atomic E-state index is 9.82. The molecule has 0 spiro atoms. The third-order valence-corrected chi connectivity index (χ3v) is 4.21. The highest BCUT2D eigenvalue weighted by atomic mass is 16.5. The first-order chi connectivity index (χ1) is 8.36. The van der Waals surface area contributed by atoms with Gasteiger partial charge in [-0.25, -0.2) is 0 Å². The smallest absolute Gasteiger partial charge is 0.0612 e. The quantitative estimate of drug-likeness (QED) is 0.752. The van der Waals surface area contributed by atoms with Crippen LogP contribution in [0, 0.1) is 11.8 Å². The van der Waals surface area contributed by atoms with Crippen LogP contribution in [0.15, 0.2) is 0 Å². The van der Waals surface area contributed by atoms with E-state index in [-0.39, 0.29) is 6.10 Å². The molecule has 0 amide bonds. The molecule has 2 unspecified atom stereocenters. The second kappa shape index (κ2) is 7.34. The minimum absolute atomic E-state index is 0.119. The van der Waals surface area contributed by atoms with Crippen molar-refractivity contribution < 1.29 is 14.6 Å². The van der Waals surface area contributed by atoms with Crippen LogP contribution in [0.1, 0.15) is 44.9 Å². The molecule has 1 N–H and O–H groups in total. The summed E-state index contributed by atoms with van der Waals surface area (Å²) in [5.74, 6) is 1.27. The van der Waals surface area contributed by atoms with Crippen molar-refractivity contribution in [1.29, 1.82) is 0 Å². The summed E-state index contributed by atoms with van der Waals surface area (Å²) >= 11 is 0. The summed E-state index contributed by atoms with van der Waals surface area (Å²) in [6.45, 7) is 3.41. The molecular formula is C14H26O3. The highest BCUT2D eigenvalue weighted by Crippen LogP contribution is 2.24. The van der Waals surface area contributed by atoms with E-state index >= 15 is 0 Å². The molecule has 17 heavy (non-hydrogen) atoms. The number of hydrogen-bond acceptors (Lipinski definition) is 3. The fourth-order valence-electron chi connectivity index (χ4n) is 2.94. The Bertz CT molecular complexity index is 202. The van der Waals surface area contributed by atoms with Crippen LogP contribution >= 0.6 is 0 Å². The Kier molecular flexibility index (Phi) is 5.75. The Morgan fingerprint density at radius 3 is 2.35 bits per heavy atom. The number of aliphatic hydroxyl groups is 1. The molecule has 2 aliphatic heterocycles. The Balaban J connectivity index is 1.53. The molecule has 0 saturated carbocycles. The first kappa shape index (κ1) is 13.3. The predicted molar refractivity (Wildman–Crippen MR) is 66.9 cm³/mol. The highest BCUT2D eigenvalue weighted by Gasteiger charge is 2.23. The van der Waals surface area contributed by atoms with E-state index in [1.807, 2.05) is 0 Å². The zero-order chi connectivity index (χ0) is 11.9. The number of aliphatic hydroxyl groups excluding tert-OH is 1. The van der Waals surface area contributed by atoms with Crippen molar-refractivity contribution in [2.75, 3.05) is 26.4 Å². The molecule has 0 aromatic heterocycles. The second-order valence-electron chi connectivity index (χ2n) is 5.53. The Morgan fingerprint density at radius 2 is 1.59 bits per heavy atom. The van der Waals surface area contributed by atoms with Gasteiger partial charge in [-0.15, -0.1) is 0 Å². The van der Waals surface area contributed by atoms with Crippen LogP contribution in [0.4, 0.5) is 0 Å². The fourth-order valence-corrected chi connectivity index (χ4v) is 2.94. The molecule has 100 valence electrons. The maximum atomic E-state index is 9.82. The molecule has 2 rings (SSSR count). The third-order valence-electron chi connectivity index (χ3n) is 4.21. The van der Waals surface area contributed by atoms with Gasteiger partial charge in [-0.2, -0.15) is 0 Å². The first-order valence-electron chi connectivity index (χ1n) is 7.20. The zero-order valence-electron chi connectivity index (χ0n) is 10.8. The van der Waals surface area contributed by atoms with Crippen LogP contribution in [-0.4, -0.2) is 37.6 Å². The average molecular weight is 242 g/mol. The van der Waals surface area contributed by atoms with Crippen LogP contribution in [0.2, 0.25) is 0 Å². The van der Waals surface area contributed by atoms with Gasteiger partial charge in [-0.1, -0.05) is 19.3 Å². The van der Waals surface area contributed by atoms with Crippen LogP contribution in [-0.2, 0) is 9.47 Å². The number of hydrogen-bond donors (Lipinski definition) is 1. The zero-order valence-corrected chi connectivity index (χ0v) is 10.8. The molecule has 3 heteroatoms. The molecule has 0 bridgehead atoms. The summed E-state index contributed by atoms with van der Waals surface area (Å²) in [4.78, 5) is 0. The van der Waals surface area contributed by atoms with E-state index in [4.69, 9.17) is 9.47 Å². The lowest BCUT2D eigenvalue weighted by atomic mass is 9.90. The van der Waals surface area contributed by atoms with Crippen molar-refractivity contribution >= 4 is 0 Å². The third kappa shape index (κ3) is 4.57. The molecule has 0 radical (unpaired) electrons. The molecule has 2 saturated heterocycles. The normalized spacial score (nSPS) is 31.6. The molecule has 3 nitrogen and oxygen atoms in total. The number of rotatable bonds is 5. The topological polar surface area (TPSA) is 38.7 Å². The van der Waals surface area contributed by atoms with E-state index in [9.17, 15) is 5.11 Å². The van der Waals surface area contributed by atoms with Crippen LogP contribution in [0.3, 0.4) is 0 Å². The first-order valence-corrected chi connectivity index (χ1v) is 7.20. The summed E-state index contributed by atoms with van der Waals surface area (Å²) in [5.41, 5.74) is 0. The van der Waals surface area contributed by atoms with Crippen molar-refractivity contribution in [3.63, 3.8) is 0 Å². The van der Waals surface area contributed by atoms with Crippen LogP contribution in [0.25, 0.3) is 0 Å². The molecule has 2 heterocycles. The Hall–Kier alpha value is -0.120. The van der Waals surface area contributed by atoms with Crippen molar-refractivity contribution in [3.8, 4) is 0 Å². The highest BCUT2D eigenvalue weighted by molar-refractivity contribution is 4.73. The summed E-state index contributed by atoms with van der Waals surface area (Å²) in [6, 6.07) is 0. The molecule has 2 atom stereocenters. The summed E-state index contributed by atoms with van der Waals surface area (Å²) in [5, 5.41) is 9.82. The molecule has 0 aliphatic carbocycles. The lowest BCUT2D eigenvalue weighted by Gasteiger charge is -2.28. The van der Waals surface area contributed by atoms with Gasteiger partial charge >= 0.3 is 0 Å². The van der Waals surface area contributed by atoms with E-state index in [1.54, 1.807) is 0 Å². The van der Waals surface area contributed by atoms with Gasteiger partial charge in [0, 0.05) is 25.7 Å². The van der Waals surface area contributed by atoms with E-state index < -0.39 is 0 Å². The lowest BCUT2D eigenvalue weighted by Crippen LogP contribution is -2.31. The minimum Gasteiger partial charge on any atom is -0.393 e. The van der Waals surface area contributed by atoms with Crippen molar-refractivity contribution in [3.05, 3.63) is 0 Å². The van der Waals surface area contributed by atoms with Crippen LogP contribution in [0.5, 0.6) is 0 Å². The monoisotopic (exact) mass is 242 g/mol. The van der Waals surface area contributed by atoms with Crippen molar-refractivity contribution in [2.24, 2.45) is 11.8 Å². The van der Waals surface area contributed by atoms with Crippen molar-refractivity contribution in [2.45, 2.75) is 51.0 Å². The van der Waals surface area contributed by atoms with E-state index in [2.05, 4.69) is 0 Å². The SMILES string of the molecule is OC1CCOCC1CCCCC1CCOCC1. The van der Waals surface area contributed by atoms with Crippen LogP contribution < -0.4 is 0 Å². The molecule has 2 fully saturated rings. The van der Waals surface area contributed by atoms with E-state index in [0.29, 0.717) is 5.92 Å². The molecular weight excluding hydrogens is 216 g/mol. The maximum Gasteiger partial charge on any atom is 0.0612 e. The van der Waals surface area contributed by atoms with Gasteiger partial charge in [-0.3, -0.25) is 0 Å². The summed E-state index contributed by atoms with van der Waals surface area (Å²) < 4.78 is 10.8. The standard InChI is InChI=1S/C14H26O3/c15-14-7-10-17-11-13(14)4-2-1-3-12-5-8-16-9-6-12/h12-15H,1-11H2. The number of ether oxygens (including phenoxy) is 2. The van der Waals surface area contributed by atoms with Gasteiger partial charge in [0.1, 0.15) is 0 Å². The largest absolute Gasteiger partial charge is 0.393 e. The van der Waals surface area contributed by atoms with Gasteiger partial charge in [0.2, 0.25) is 0 Å². The van der Waals surface area contributed by atoms with Gasteiger partial charge in [0.15, 0.2) is 0 Å². The summed E-state index contributed by atoms with van der Waals surface area (Å²) in [6.07, 6.45) is 8.20. The number of unbranched alkanes of at least 4 members (excludes halogenated alkanes) is 1. The summed E-state index contributed by atoms with van der Waals surface area (Å²) in [7, 11) is 0. The molecule has 0 aromatic carbocycles. The predicted octanol–water partition coefficient (Wildman–Crippen LogP) is 2.37. The lowest BCUT2D eigenvalue weighted by molar-refractivity contribution is -0.0391. The minimum atomic E-state index is -0.119. The van der Waals surface area contributed by atoms with E-state index in [1.165, 1.54) is 32.1 Å². The molecule has 2 aliphatic rings.